The normalized spacial score (nSPS) is 24.9. The first kappa shape index (κ1) is 7.61. The largest absolute Gasteiger partial charge is 0.349 e. The smallest absolute Gasteiger partial charge is 0.0979 e. The highest BCUT2D eigenvalue weighted by Gasteiger charge is 2.11. The number of nitrogens with one attached hydrogen (secondary N) is 1. The molecule has 0 aromatic carbocycles. The predicted octanol–water partition coefficient (Wildman–Crippen LogP) is 1.87. The second-order valence-corrected chi connectivity index (χ2v) is 2.75. The van der Waals surface area contributed by atoms with Gasteiger partial charge in [0.15, 0.2) is 0 Å². The summed E-state index contributed by atoms with van der Waals surface area (Å²) in [6.07, 6.45) is 2.77. The number of aliphatic imine (C=N–C) groups is 1. The van der Waals surface area contributed by atoms with Crippen LogP contribution in [0.15, 0.2) is 16.2 Å². The van der Waals surface area contributed by atoms with Gasteiger partial charge in [-0.2, -0.15) is 0 Å². The molecule has 0 aromatic heterocycles. The van der Waals surface area contributed by atoms with Crippen LogP contribution in [0.25, 0.3) is 0 Å². The van der Waals surface area contributed by atoms with Gasteiger partial charge in [-0.15, -0.1) is 0 Å². The van der Waals surface area contributed by atoms with Crippen LogP contribution in [-0.4, -0.2) is 11.9 Å². The molecule has 0 saturated heterocycles. The van der Waals surface area contributed by atoms with E-state index in [1.54, 1.807) is 6.20 Å². The fourth-order valence-corrected chi connectivity index (χ4v) is 1.15. The molecule has 0 amide bonds. The highest BCUT2D eigenvalue weighted by Crippen LogP contribution is 2.16. The zero-order chi connectivity index (χ0) is 7.56. The van der Waals surface area contributed by atoms with Crippen LogP contribution in [0.1, 0.15) is 20.3 Å². The Kier molecular flexibility index (Phi) is 2.33. The number of amidine groups is 1. The van der Waals surface area contributed by atoms with Gasteiger partial charge in [0.05, 0.1) is 16.9 Å². The minimum absolute atomic E-state index is 0.183. The van der Waals surface area contributed by atoms with E-state index in [2.05, 4.69) is 17.2 Å². The van der Waals surface area contributed by atoms with Crippen LogP contribution in [0.2, 0.25) is 0 Å². The molecule has 1 unspecified atom stereocenters. The summed E-state index contributed by atoms with van der Waals surface area (Å²) in [5, 5.41) is 3.75. The van der Waals surface area contributed by atoms with Crippen LogP contribution < -0.4 is 5.32 Å². The molecule has 0 spiro atoms. The summed E-state index contributed by atoms with van der Waals surface area (Å²) < 4.78 is 0. The third-order valence-electron chi connectivity index (χ3n) is 1.47. The molecule has 1 aliphatic heterocycles. The minimum Gasteiger partial charge on any atom is -0.349 e. The molecule has 0 radical (unpaired) electrons. The van der Waals surface area contributed by atoms with Crippen molar-refractivity contribution in [2.75, 3.05) is 0 Å². The number of rotatable bonds is 1. The second kappa shape index (κ2) is 3.06. The SMILES string of the molecule is CCC1N=C(C)NC=C1Cl. The lowest BCUT2D eigenvalue weighted by atomic mass is 10.2. The predicted molar refractivity (Wildman–Crippen MR) is 44.3 cm³/mol. The van der Waals surface area contributed by atoms with E-state index < -0.39 is 0 Å². The lowest BCUT2D eigenvalue weighted by Gasteiger charge is -2.15. The van der Waals surface area contributed by atoms with Crippen molar-refractivity contribution >= 4 is 17.4 Å². The lowest BCUT2D eigenvalue weighted by molar-refractivity contribution is 0.749. The molecular weight excluding hydrogens is 148 g/mol. The maximum Gasteiger partial charge on any atom is 0.0979 e. The summed E-state index contributed by atoms with van der Waals surface area (Å²) in [6, 6.07) is 0.183. The lowest BCUT2D eigenvalue weighted by Crippen LogP contribution is -2.23. The molecule has 0 aliphatic carbocycles. The summed E-state index contributed by atoms with van der Waals surface area (Å²) in [7, 11) is 0. The highest BCUT2D eigenvalue weighted by atomic mass is 35.5. The summed E-state index contributed by atoms with van der Waals surface area (Å²) in [6.45, 7) is 4.01. The van der Waals surface area contributed by atoms with Gasteiger partial charge >= 0.3 is 0 Å². The Morgan fingerprint density at radius 1 is 1.80 bits per heavy atom. The van der Waals surface area contributed by atoms with Gasteiger partial charge in [0, 0.05) is 6.20 Å². The van der Waals surface area contributed by atoms with E-state index in [9.17, 15) is 0 Å². The van der Waals surface area contributed by atoms with Crippen molar-refractivity contribution < 1.29 is 0 Å². The zero-order valence-corrected chi connectivity index (χ0v) is 6.94. The minimum atomic E-state index is 0.183. The Balaban J connectivity index is 2.68. The maximum absolute atomic E-state index is 5.84. The monoisotopic (exact) mass is 158 g/mol. The third kappa shape index (κ3) is 1.51. The molecule has 1 rings (SSSR count). The topological polar surface area (TPSA) is 24.4 Å². The number of hydrogen-bond acceptors (Lipinski definition) is 2. The van der Waals surface area contributed by atoms with E-state index in [4.69, 9.17) is 11.6 Å². The molecule has 0 aromatic rings. The van der Waals surface area contributed by atoms with Crippen molar-refractivity contribution in [2.45, 2.75) is 26.3 Å². The van der Waals surface area contributed by atoms with Crippen molar-refractivity contribution in [1.82, 2.24) is 5.32 Å². The van der Waals surface area contributed by atoms with Gasteiger partial charge in [0.25, 0.3) is 0 Å². The molecular formula is C7H11ClN2. The molecule has 3 heteroatoms. The molecule has 1 aliphatic rings. The fourth-order valence-electron chi connectivity index (χ4n) is 0.889. The van der Waals surface area contributed by atoms with Crippen molar-refractivity contribution in [2.24, 2.45) is 4.99 Å². The van der Waals surface area contributed by atoms with Gasteiger partial charge in [0.1, 0.15) is 0 Å². The van der Waals surface area contributed by atoms with Crippen molar-refractivity contribution in [3.05, 3.63) is 11.2 Å². The van der Waals surface area contributed by atoms with E-state index in [-0.39, 0.29) is 6.04 Å². The van der Waals surface area contributed by atoms with Gasteiger partial charge < -0.3 is 5.32 Å². The van der Waals surface area contributed by atoms with Crippen molar-refractivity contribution in [1.29, 1.82) is 0 Å². The molecule has 1 atom stereocenters. The van der Waals surface area contributed by atoms with Crippen LogP contribution in [0.5, 0.6) is 0 Å². The molecule has 0 saturated carbocycles. The standard InChI is InChI=1S/C7H11ClN2/c1-3-7-6(8)4-9-5(2)10-7/h4,7H,3H2,1-2H3,(H,9,10). The Labute approximate surface area is 66.0 Å². The van der Waals surface area contributed by atoms with Crippen LogP contribution in [-0.2, 0) is 0 Å². The van der Waals surface area contributed by atoms with Gasteiger partial charge in [0.2, 0.25) is 0 Å². The van der Waals surface area contributed by atoms with Gasteiger partial charge in [-0.1, -0.05) is 18.5 Å². The molecule has 1 N–H and O–H groups in total. The summed E-state index contributed by atoms with van der Waals surface area (Å²) in [4.78, 5) is 4.29. The Morgan fingerprint density at radius 2 is 2.50 bits per heavy atom. The first-order valence-electron chi connectivity index (χ1n) is 3.40. The zero-order valence-electron chi connectivity index (χ0n) is 6.19. The van der Waals surface area contributed by atoms with E-state index in [1.807, 2.05) is 6.92 Å². The molecule has 0 bridgehead atoms. The average molecular weight is 159 g/mol. The van der Waals surface area contributed by atoms with Crippen molar-refractivity contribution in [3.8, 4) is 0 Å². The number of halogens is 1. The Morgan fingerprint density at radius 3 is 3.00 bits per heavy atom. The molecule has 0 fully saturated rings. The second-order valence-electron chi connectivity index (χ2n) is 2.31. The fraction of sp³-hybridized carbons (Fsp3) is 0.571. The number of hydrogen-bond donors (Lipinski definition) is 1. The summed E-state index contributed by atoms with van der Waals surface area (Å²) in [5.41, 5.74) is 0. The maximum atomic E-state index is 5.84. The van der Waals surface area contributed by atoms with Gasteiger partial charge in [-0.3, -0.25) is 4.99 Å². The van der Waals surface area contributed by atoms with Gasteiger partial charge in [-0.05, 0) is 13.3 Å². The number of nitrogens with zero attached hydrogens (tertiary/aromatic N) is 1. The molecule has 2 nitrogen and oxygen atoms in total. The first-order valence-corrected chi connectivity index (χ1v) is 3.78. The molecule has 10 heavy (non-hydrogen) atoms. The van der Waals surface area contributed by atoms with Gasteiger partial charge in [-0.25, -0.2) is 0 Å². The summed E-state index contributed by atoms with van der Waals surface area (Å²) >= 11 is 5.84. The van der Waals surface area contributed by atoms with Crippen molar-refractivity contribution in [3.63, 3.8) is 0 Å². The molecule has 56 valence electrons. The van der Waals surface area contributed by atoms with Crippen LogP contribution in [0.4, 0.5) is 0 Å². The van der Waals surface area contributed by atoms with E-state index in [0.29, 0.717) is 0 Å². The summed E-state index contributed by atoms with van der Waals surface area (Å²) in [5.74, 6) is 0.941. The van der Waals surface area contributed by atoms with E-state index >= 15 is 0 Å². The first-order chi connectivity index (χ1) is 4.74. The molecule has 1 heterocycles. The Hall–Kier alpha value is -0.500. The third-order valence-corrected chi connectivity index (χ3v) is 1.83. The van der Waals surface area contributed by atoms with E-state index in [1.165, 1.54) is 0 Å². The van der Waals surface area contributed by atoms with Crippen LogP contribution >= 0.6 is 11.6 Å². The van der Waals surface area contributed by atoms with Crippen LogP contribution in [0, 0.1) is 0 Å². The van der Waals surface area contributed by atoms with Crippen LogP contribution in [0.3, 0.4) is 0 Å². The quantitative estimate of drug-likeness (QED) is 0.619. The highest BCUT2D eigenvalue weighted by molar-refractivity contribution is 6.30. The Bertz CT molecular complexity index is 184. The van der Waals surface area contributed by atoms with E-state index in [0.717, 1.165) is 17.3 Å². The average Bonchev–Trinajstić information content (AvgIpc) is 1.94.